The second-order valence-electron chi connectivity index (χ2n) is 7.65. The highest BCUT2D eigenvalue weighted by molar-refractivity contribution is 5.96. The van der Waals surface area contributed by atoms with E-state index in [4.69, 9.17) is 4.74 Å². The first-order chi connectivity index (χ1) is 15.9. The first-order valence-corrected chi connectivity index (χ1v) is 10.6. The fourth-order valence-electron chi connectivity index (χ4n) is 3.92. The molecule has 1 aliphatic rings. The Morgan fingerprint density at radius 3 is 2.61 bits per heavy atom. The molecule has 1 saturated carbocycles. The Morgan fingerprint density at radius 1 is 1.27 bits per heavy atom. The number of benzene rings is 1. The monoisotopic (exact) mass is 463 g/mol. The van der Waals surface area contributed by atoms with E-state index in [0.29, 0.717) is 11.5 Å². The van der Waals surface area contributed by atoms with Gasteiger partial charge in [0.2, 0.25) is 5.95 Å². The van der Waals surface area contributed by atoms with Gasteiger partial charge in [-0.2, -0.15) is 4.98 Å². The minimum absolute atomic E-state index is 0.0421. The van der Waals surface area contributed by atoms with E-state index >= 15 is 0 Å². The summed E-state index contributed by atoms with van der Waals surface area (Å²) >= 11 is 0. The lowest BCUT2D eigenvalue weighted by Crippen LogP contribution is -2.38. The molecule has 2 aromatic rings. The third-order valence-electron chi connectivity index (χ3n) is 5.66. The van der Waals surface area contributed by atoms with Crippen molar-refractivity contribution in [3.63, 3.8) is 0 Å². The van der Waals surface area contributed by atoms with Gasteiger partial charge in [-0.15, -0.1) is 0 Å². The number of hydrogen-bond acceptors (Lipinski definition) is 7. The van der Waals surface area contributed by atoms with Crippen LogP contribution in [0.4, 0.5) is 31.9 Å². The SMILES string of the molecule is COc1cc(C(=O)O)ccc1Nc1ncc(N(C)C(=O)CF)c(N(CCF)C2CCCC2)n1. The van der Waals surface area contributed by atoms with Gasteiger partial charge >= 0.3 is 5.97 Å². The van der Waals surface area contributed by atoms with Crippen molar-refractivity contribution in [2.24, 2.45) is 0 Å². The van der Waals surface area contributed by atoms with Crippen LogP contribution in [0.2, 0.25) is 0 Å². The summed E-state index contributed by atoms with van der Waals surface area (Å²) in [5.41, 5.74) is 0.750. The number of carbonyl (C=O) groups excluding carboxylic acids is 1. The van der Waals surface area contributed by atoms with Gasteiger partial charge in [0.15, 0.2) is 12.5 Å². The molecule has 0 saturated heterocycles. The lowest BCUT2D eigenvalue weighted by molar-refractivity contribution is -0.119. The average Bonchev–Trinajstić information content (AvgIpc) is 3.36. The number of anilines is 4. The molecule has 1 aliphatic carbocycles. The first-order valence-electron chi connectivity index (χ1n) is 10.6. The highest BCUT2D eigenvalue weighted by Crippen LogP contribution is 2.35. The molecule has 0 atom stereocenters. The Morgan fingerprint density at radius 2 is 2.00 bits per heavy atom. The Hall–Kier alpha value is -3.50. The zero-order valence-electron chi connectivity index (χ0n) is 18.6. The maximum Gasteiger partial charge on any atom is 0.335 e. The molecule has 2 N–H and O–H groups in total. The lowest BCUT2D eigenvalue weighted by atomic mass is 10.2. The standard InChI is InChI=1S/C22H27F2N5O4/c1-28(19(30)12-24)17-13-25-22(26-16-8-7-14(21(31)32)11-18(16)33-2)27-20(17)29(10-9-23)15-5-3-4-6-15/h7-8,11,13,15H,3-6,9-10,12H2,1-2H3,(H,31,32)(H,25,26,27). The molecule has 0 radical (unpaired) electrons. The number of methoxy groups -OCH3 is 1. The summed E-state index contributed by atoms with van der Waals surface area (Å²) in [7, 11) is 2.83. The van der Waals surface area contributed by atoms with Crippen molar-refractivity contribution < 1.29 is 28.2 Å². The molecule has 0 spiro atoms. The average molecular weight is 463 g/mol. The van der Waals surface area contributed by atoms with Gasteiger partial charge in [0.1, 0.15) is 18.1 Å². The van der Waals surface area contributed by atoms with Crippen LogP contribution in [0.15, 0.2) is 24.4 Å². The molecule has 0 aliphatic heterocycles. The maximum atomic E-state index is 13.5. The Kier molecular flexibility index (Phi) is 7.96. The number of ether oxygens (including phenoxy) is 1. The van der Waals surface area contributed by atoms with Gasteiger partial charge in [0, 0.05) is 19.6 Å². The van der Waals surface area contributed by atoms with Crippen molar-refractivity contribution in [2.75, 3.05) is 49.2 Å². The molecule has 1 aromatic heterocycles. The van der Waals surface area contributed by atoms with Crippen LogP contribution in [-0.4, -0.2) is 67.0 Å². The van der Waals surface area contributed by atoms with Crippen molar-refractivity contribution in [1.29, 1.82) is 0 Å². The van der Waals surface area contributed by atoms with Crippen LogP contribution in [0.1, 0.15) is 36.0 Å². The van der Waals surface area contributed by atoms with Crippen LogP contribution < -0.4 is 19.9 Å². The van der Waals surface area contributed by atoms with Gasteiger partial charge in [0.25, 0.3) is 5.91 Å². The molecule has 3 rings (SSSR count). The fraction of sp³-hybridized carbons (Fsp3) is 0.455. The third-order valence-corrected chi connectivity index (χ3v) is 5.66. The van der Waals surface area contributed by atoms with Gasteiger partial charge in [0.05, 0.1) is 24.6 Å². The molecule has 178 valence electrons. The van der Waals surface area contributed by atoms with Crippen molar-refractivity contribution in [2.45, 2.75) is 31.7 Å². The van der Waals surface area contributed by atoms with Crippen LogP contribution in [-0.2, 0) is 4.79 Å². The van der Waals surface area contributed by atoms with Gasteiger partial charge in [-0.1, -0.05) is 12.8 Å². The molecule has 0 bridgehead atoms. The van der Waals surface area contributed by atoms with E-state index in [1.54, 1.807) is 0 Å². The van der Waals surface area contributed by atoms with Crippen LogP contribution >= 0.6 is 0 Å². The predicted molar refractivity (Wildman–Crippen MR) is 120 cm³/mol. The fourth-order valence-corrected chi connectivity index (χ4v) is 3.92. The normalized spacial score (nSPS) is 13.6. The van der Waals surface area contributed by atoms with E-state index in [1.807, 2.05) is 4.90 Å². The number of carbonyl (C=O) groups is 2. The smallest absolute Gasteiger partial charge is 0.335 e. The Labute approximate surface area is 190 Å². The third kappa shape index (κ3) is 5.47. The summed E-state index contributed by atoms with van der Waals surface area (Å²) in [5, 5.41) is 12.2. The van der Waals surface area contributed by atoms with Gasteiger partial charge in [-0.05, 0) is 31.0 Å². The summed E-state index contributed by atoms with van der Waals surface area (Å²) < 4.78 is 31.8. The number of carboxylic acid groups (broad SMARTS) is 1. The molecule has 1 heterocycles. The van der Waals surface area contributed by atoms with E-state index in [9.17, 15) is 23.5 Å². The number of halogens is 2. The second-order valence-corrected chi connectivity index (χ2v) is 7.65. The molecule has 1 amide bonds. The number of rotatable bonds is 10. The molecular formula is C22H27F2N5O4. The minimum atomic E-state index is -1.18. The molecule has 11 heteroatoms. The Bertz CT molecular complexity index is 1000. The highest BCUT2D eigenvalue weighted by atomic mass is 19.1. The number of aromatic carboxylic acids is 1. The van der Waals surface area contributed by atoms with Crippen molar-refractivity contribution in [1.82, 2.24) is 9.97 Å². The number of nitrogens with one attached hydrogen (secondary N) is 1. The number of carboxylic acids is 1. The van der Waals surface area contributed by atoms with Crippen LogP contribution in [0.5, 0.6) is 5.75 Å². The van der Waals surface area contributed by atoms with E-state index in [1.165, 1.54) is 38.6 Å². The molecule has 33 heavy (non-hydrogen) atoms. The number of nitrogens with zero attached hydrogens (tertiary/aromatic N) is 4. The molecular weight excluding hydrogens is 436 g/mol. The lowest BCUT2D eigenvalue weighted by Gasteiger charge is -2.32. The van der Waals surface area contributed by atoms with E-state index in [2.05, 4.69) is 15.3 Å². The Balaban J connectivity index is 2.03. The van der Waals surface area contributed by atoms with Gasteiger partial charge in [-0.25, -0.2) is 18.6 Å². The zero-order valence-corrected chi connectivity index (χ0v) is 18.6. The molecule has 9 nitrogen and oxygen atoms in total. The summed E-state index contributed by atoms with van der Waals surface area (Å²) in [4.78, 5) is 35.0. The molecule has 1 aromatic carbocycles. The zero-order chi connectivity index (χ0) is 24.0. The quantitative estimate of drug-likeness (QED) is 0.551. The summed E-state index contributed by atoms with van der Waals surface area (Å²) in [6.07, 6.45) is 5.11. The maximum absolute atomic E-state index is 13.5. The predicted octanol–water partition coefficient (Wildman–Crippen LogP) is 3.58. The second kappa shape index (κ2) is 10.9. The molecule has 0 unspecified atom stereocenters. The summed E-state index contributed by atoms with van der Waals surface area (Å²) in [5.74, 6) is -1.13. The number of amides is 1. The van der Waals surface area contributed by atoms with E-state index in [-0.39, 0.29) is 35.5 Å². The van der Waals surface area contributed by atoms with Crippen LogP contribution in [0.25, 0.3) is 0 Å². The van der Waals surface area contributed by atoms with Crippen molar-refractivity contribution in [3.8, 4) is 5.75 Å². The van der Waals surface area contributed by atoms with E-state index in [0.717, 1.165) is 30.6 Å². The number of alkyl halides is 2. The van der Waals surface area contributed by atoms with E-state index < -0.39 is 25.2 Å². The van der Waals surface area contributed by atoms with Crippen molar-refractivity contribution >= 4 is 35.0 Å². The first kappa shape index (κ1) is 24.1. The molecule has 1 fully saturated rings. The van der Waals surface area contributed by atoms with Crippen molar-refractivity contribution in [3.05, 3.63) is 30.0 Å². The largest absolute Gasteiger partial charge is 0.495 e. The van der Waals surface area contributed by atoms with Gasteiger partial charge < -0.3 is 25.0 Å². The van der Waals surface area contributed by atoms with Crippen LogP contribution in [0, 0.1) is 0 Å². The number of hydrogen-bond donors (Lipinski definition) is 2. The minimum Gasteiger partial charge on any atom is -0.495 e. The summed E-state index contributed by atoms with van der Waals surface area (Å²) in [6, 6.07) is 4.33. The highest BCUT2D eigenvalue weighted by Gasteiger charge is 2.28. The number of aromatic nitrogens is 2. The van der Waals surface area contributed by atoms with Crippen LogP contribution in [0.3, 0.4) is 0 Å². The topological polar surface area (TPSA) is 108 Å². The summed E-state index contributed by atoms with van der Waals surface area (Å²) in [6.45, 7) is -1.73. The van der Waals surface area contributed by atoms with Gasteiger partial charge in [-0.3, -0.25) is 4.79 Å².